The third-order valence-electron chi connectivity index (χ3n) is 6.00. The number of benzene rings is 2. The van der Waals surface area contributed by atoms with Crippen molar-refractivity contribution >= 4 is 64.1 Å². The minimum Gasteiger partial charge on any atom is -0.480 e. The summed E-state index contributed by atoms with van der Waals surface area (Å²) in [6.07, 6.45) is 1.56. The van der Waals surface area contributed by atoms with Crippen LogP contribution < -0.4 is 9.47 Å². The monoisotopic (exact) mass is 615 g/mol. The van der Waals surface area contributed by atoms with E-state index in [-0.39, 0.29) is 42.9 Å². The number of H-pyrrole nitrogens is 1. The number of aliphatic carboxylic acids is 2. The van der Waals surface area contributed by atoms with E-state index in [1.54, 1.807) is 12.1 Å². The molecule has 0 fully saturated rings. The summed E-state index contributed by atoms with van der Waals surface area (Å²) in [5, 5.41) is 17.9. The van der Waals surface area contributed by atoms with Crippen molar-refractivity contribution in [3.8, 4) is 22.8 Å². The van der Waals surface area contributed by atoms with E-state index in [0.29, 0.717) is 24.8 Å². The molecule has 1 atom stereocenters. The molecule has 0 saturated heterocycles. The topological polar surface area (TPSA) is 126 Å². The second kappa shape index (κ2) is 13.4. The van der Waals surface area contributed by atoms with Gasteiger partial charge >= 0.3 is 11.9 Å². The summed E-state index contributed by atoms with van der Waals surface area (Å²) < 4.78 is 10.3. The molecule has 0 bridgehead atoms. The lowest BCUT2D eigenvalue weighted by Crippen LogP contribution is -2.18. The number of carbonyl (C=O) groups is 3. The summed E-state index contributed by atoms with van der Waals surface area (Å²) in [6, 6.07) is 8.11. The van der Waals surface area contributed by atoms with Crippen molar-refractivity contribution < 1.29 is 34.1 Å². The first-order valence-corrected chi connectivity index (χ1v) is 13.4. The van der Waals surface area contributed by atoms with Crippen LogP contribution in [0.3, 0.4) is 0 Å². The number of nitrogens with one attached hydrogen (secondary N) is 1. The molecule has 1 aromatic heterocycles. The molecule has 1 unspecified atom stereocenters. The second-order valence-corrected chi connectivity index (χ2v) is 10.1. The van der Waals surface area contributed by atoms with Crippen LogP contribution in [0.4, 0.5) is 0 Å². The Morgan fingerprint density at radius 3 is 1.95 bits per heavy atom. The van der Waals surface area contributed by atoms with Crippen molar-refractivity contribution in [2.75, 3.05) is 13.2 Å². The van der Waals surface area contributed by atoms with Crippen LogP contribution in [0.5, 0.6) is 11.5 Å². The number of aromatic nitrogens is 1. The summed E-state index contributed by atoms with van der Waals surface area (Å²) >= 11 is 25.5. The molecule has 12 heteroatoms. The van der Waals surface area contributed by atoms with E-state index in [2.05, 4.69) is 4.98 Å². The highest BCUT2D eigenvalue weighted by Gasteiger charge is 2.25. The Kier molecular flexibility index (Phi) is 10.6. The van der Waals surface area contributed by atoms with Crippen molar-refractivity contribution in [3.63, 3.8) is 0 Å². The number of hydrogen-bond donors (Lipinski definition) is 3. The molecule has 3 aromatic rings. The highest BCUT2D eigenvalue weighted by atomic mass is 35.5. The van der Waals surface area contributed by atoms with Gasteiger partial charge in [-0.1, -0.05) is 60.3 Å². The van der Waals surface area contributed by atoms with Crippen molar-refractivity contribution in [2.45, 2.75) is 33.1 Å². The summed E-state index contributed by atoms with van der Waals surface area (Å²) in [5.74, 6) is -2.74. The average molecular weight is 617 g/mol. The Balaban J connectivity index is 1.87. The molecule has 1 heterocycles. The van der Waals surface area contributed by atoms with Gasteiger partial charge in [-0.3, -0.25) is 4.79 Å². The average Bonchev–Trinajstić information content (AvgIpc) is 3.31. The number of carboxylic acid groups (broad SMARTS) is 2. The van der Waals surface area contributed by atoms with Gasteiger partial charge in [0.1, 0.15) is 21.5 Å². The first-order chi connectivity index (χ1) is 18.5. The zero-order chi connectivity index (χ0) is 28.9. The molecule has 0 aliphatic carbocycles. The highest BCUT2D eigenvalue weighted by Crippen LogP contribution is 2.41. The summed E-state index contributed by atoms with van der Waals surface area (Å²) in [7, 11) is 0. The zero-order valence-electron chi connectivity index (χ0n) is 20.9. The number of hydrogen-bond acceptors (Lipinski definition) is 5. The third kappa shape index (κ3) is 7.19. The van der Waals surface area contributed by atoms with Gasteiger partial charge in [0.2, 0.25) is 0 Å². The highest BCUT2D eigenvalue weighted by molar-refractivity contribution is 6.45. The number of ketones is 1. The molecule has 2 aromatic carbocycles. The lowest BCUT2D eigenvalue weighted by atomic mass is 9.91. The number of ether oxygens (including phenoxy) is 2. The number of halogens is 4. The van der Waals surface area contributed by atoms with Crippen LogP contribution in [-0.4, -0.2) is 46.1 Å². The molecule has 0 aliphatic heterocycles. The van der Waals surface area contributed by atoms with Crippen LogP contribution in [0.1, 0.15) is 41.9 Å². The molecule has 8 nitrogen and oxygen atoms in total. The van der Waals surface area contributed by atoms with Crippen molar-refractivity contribution in [2.24, 2.45) is 5.92 Å². The van der Waals surface area contributed by atoms with Gasteiger partial charge in [-0.15, -0.1) is 0 Å². The number of aromatic amines is 1. The maximum absolute atomic E-state index is 13.4. The Bertz CT molecular complexity index is 1400. The summed E-state index contributed by atoms with van der Waals surface area (Å²) in [4.78, 5) is 38.4. The normalized spacial score (nSPS) is 11.7. The van der Waals surface area contributed by atoms with E-state index in [0.717, 1.165) is 17.0 Å². The summed E-state index contributed by atoms with van der Waals surface area (Å²) in [5.41, 5.74) is 3.30. The van der Waals surface area contributed by atoms with Crippen LogP contribution in [-0.2, 0) is 22.4 Å². The molecular formula is C27H25Cl4NO7. The van der Waals surface area contributed by atoms with E-state index in [4.69, 9.17) is 66.1 Å². The first-order valence-electron chi connectivity index (χ1n) is 11.9. The van der Waals surface area contributed by atoms with E-state index in [9.17, 15) is 14.4 Å². The number of Topliss-reactive ketones (excluding diaryl/α,β-unsaturated/α-hetero) is 1. The Labute approximate surface area is 244 Å². The largest absolute Gasteiger partial charge is 0.480 e. The van der Waals surface area contributed by atoms with Gasteiger partial charge < -0.3 is 24.7 Å². The maximum atomic E-state index is 13.4. The molecule has 0 spiro atoms. The van der Waals surface area contributed by atoms with Crippen LogP contribution in [0, 0.1) is 5.92 Å². The lowest BCUT2D eigenvalue weighted by molar-refractivity contribution is -0.140. The fraction of sp³-hybridized carbons (Fsp3) is 0.296. The fourth-order valence-corrected chi connectivity index (χ4v) is 4.98. The minimum atomic E-state index is -1.17. The number of carbonyl (C=O) groups excluding carboxylic acids is 1. The standard InChI is InChI=1S/C27H25Cl4NO7/c1-3-13-9-15(32-26(13)16-5-7-18(24(30)22(16)28)38-11-20(33)34)10-14(4-2)27(37)17-6-8-19(25(31)23(17)29)39-12-21(35)36/h5-9,14,32H,3-4,10-12H2,1-2H3,(H,33,34)(H,35,36). The van der Waals surface area contributed by atoms with Gasteiger partial charge in [0.15, 0.2) is 19.0 Å². The van der Waals surface area contributed by atoms with Gasteiger partial charge in [-0.2, -0.15) is 0 Å². The Hall–Kier alpha value is -2.91. The van der Waals surface area contributed by atoms with Gasteiger partial charge in [0.25, 0.3) is 0 Å². The Morgan fingerprint density at radius 2 is 1.41 bits per heavy atom. The fourth-order valence-electron chi connectivity index (χ4n) is 4.05. The molecule has 0 radical (unpaired) electrons. The molecule has 3 rings (SSSR count). The smallest absolute Gasteiger partial charge is 0.341 e. The predicted molar refractivity (Wildman–Crippen MR) is 150 cm³/mol. The molecule has 0 saturated carbocycles. The van der Waals surface area contributed by atoms with E-state index >= 15 is 0 Å². The van der Waals surface area contributed by atoms with Crippen LogP contribution in [0.15, 0.2) is 30.3 Å². The van der Waals surface area contributed by atoms with Crippen LogP contribution >= 0.6 is 46.4 Å². The third-order valence-corrected chi connectivity index (χ3v) is 7.73. The number of carboxylic acids is 2. The van der Waals surface area contributed by atoms with Crippen molar-refractivity contribution in [1.29, 1.82) is 0 Å². The van der Waals surface area contributed by atoms with Crippen molar-refractivity contribution in [3.05, 3.63) is 67.2 Å². The molecule has 0 aliphatic rings. The molecular weight excluding hydrogens is 592 g/mol. The molecule has 0 amide bonds. The minimum absolute atomic E-state index is 0.00365. The number of rotatable bonds is 13. The lowest BCUT2D eigenvalue weighted by Gasteiger charge is -2.16. The van der Waals surface area contributed by atoms with E-state index in [1.165, 1.54) is 12.1 Å². The van der Waals surface area contributed by atoms with Gasteiger partial charge in [0, 0.05) is 22.7 Å². The first kappa shape index (κ1) is 30.6. The maximum Gasteiger partial charge on any atom is 0.341 e. The number of aryl methyl sites for hydroxylation is 1. The van der Waals surface area contributed by atoms with E-state index < -0.39 is 31.1 Å². The quantitative estimate of drug-likeness (QED) is 0.173. The van der Waals surface area contributed by atoms with Gasteiger partial charge in [-0.05, 0) is 55.2 Å². The van der Waals surface area contributed by atoms with Gasteiger partial charge in [0.05, 0.1) is 15.7 Å². The molecule has 3 N–H and O–H groups in total. The molecule has 208 valence electrons. The Morgan fingerprint density at radius 1 is 0.846 bits per heavy atom. The van der Waals surface area contributed by atoms with Crippen molar-refractivity contribution in [1.82, 2.24) is 4.98 Å². The second-order valence-electron chi connectivity index (χ2n) is 8.57. The zero-order valence-corrected chi connectivity index (χ0v) is 24.0. The van der Waals surface area contributed by atoms with Gasteiger partial charge in [-0.25, -0.2) is 9.59 Å². The van der Waals surface area contributed by atoms with Crippen LogP contribution in [0.2, 0.25) is 20.1 Å². The SMILES string of the molecule is CCc1cc(CC(CC)C(=O)c2ccc(OCC(=O)O)c(Cl)c2Cl)[nH]c1-c1ccc(OCC(=O)O)c(Cl)c1Cl. The summed E-state index contributed by atoms with van der Waals surface area (Å²) in [6.45, 7) is 2.72. The molecule has 39 heavy (non-hydrogen) atoms. The van der Waals surface area contributed by atoms with E-state index in [1.807, 2.05) is 19.9 Å². The predicted octanol–water partition coefficient (Wildman–Crippen LogP) is 7.24. The van der Waals surface area contributed by atoms with Crippen LogP contribution in [0.25, 0.3) is 11.3 Å².